The summed E-state index contributed by atoms with van der Waals surface area (Å²) in [6.07, 6.45) is -3.31. The minimum Gasteiger partial charge on any atom is -0.491 e. The van der Waals surface area contributed by atoms with Crippen LogP contribution in [0.25, 0.3) is 0 Å². The molecule has 7 atom stereocenters. The number of benzene rings is 8. The van der Waals surface area contributed by atoms with Crippen LogP contribution in [-0.4, -0.2) is 149 Å². The van der Waals surface area contributed by atoms with Gasteiger partial charge in [0.25, 0.3) is 0 Å². The molecule has 2 aliphatic rings. The van der Waals surface area contributed by atoms with Crippen molar-refractivity contribution in [3.63, 3.8) is 0 Å². The molecule has 10 rings (SSSR count). The van der Waals surface area contributed by atoms with Gasteiger partial charge in [-0.3, -0.25) is 0 Å². The Morgan fingerprint density at radius 1 is 0.289 bits per heavy atom. The minimum absolute atomic E-state index is 0.0417. The lowest BCUT2D eigenvalue weighted by molar-refractivity contribution is -0.0643. The SMILES string of the molecule is CC(COCC(O)COc1ccc(C(C)(C)c2ccc(OCC(O)COc3ccc(C(C)(C)c4ccc(OCC5CO5)cc4)cc3)cc2)cc1)OCC(O)COc1ccc(C(C)(C)c2ccc(OCC(O)COc3ccc(C(C)(C)c4ccc(OCC5CO5)cc4)cc3)cc2)cc1. The van der Waals surface area contributed by atoms with Gasteiger partial charge in [0, 0.05) is 21.7 Å². The Balaban J connectivity index is 0.558. The van der Waals surface area contributed by atoms with Crippen LogP contribution >= 0.6 is 0 Å². The Kier molecular flexibility index (Phi) is 24.3. The predicted octanol–water partition coefficient (Wildman–Crippen LogP) is 12.8. The molecule has 8 aromatic carbocycles. The molecule has 0 saturated carbocycles. The van der Waals surface area contributed by atoms with Crippen molar-refractivity contribution in [3.05, 3.63) is 239 Å². The molecule has 97 heavy (non-hydrogen) atoms. The fourth-order valence-electron chi connectivity index (χ4n) is 11.2. The first kappa shape index (κ1) is 71.6. The van der Waals surface area contributed by atoms with Crippen molar-refractivity contribution in [2.75, 3.05) is 85.9 Å². The second-order valence-electron chi connectivity index (χ2n) is 27.4. The van der Waals surface area contributed by atoms with E-state index in [1.807, 2.05) is 153 Å². The number of rotatable bonds is 39. The molecule has 16 nitrogen and oxygen atoms in total. The molecule has 2 saturated heterocycles. The molecule has 2 fully saturated rings. The molecule has 2 aliphatic heterocycles. The van der Waals surface area contributed by atoms with Crippen molar-refractivity contribution >= 4 is 0 Å². The van der Waals surface area contributed by atoms with Crippen LogP contribution in [0.2, 0.25) is 0 Å². The van der Waals surface area contributed by atoms with Gasteiger partial charge in [0.05, 0.1) is 39.1 Å². The van der Waals surface area contributed by atoms with E-state index in [1.54, 1.807) is 0 Å². The highest BCUT2D eigenvalue weighted by atomic mass is 16.6. The Labute approximate surface area is 571 Å². The second-order valence-corrected chi connectivity index (χ2v) is 27.4. The van der Waals surface area contributed by atoms with Crippen LogP contribution in [0, 0.1) is 0 Å². The summed E-state index contributed by atoms with van der Waals surface area (Å²) < 4.78 is 69.3. The summed E-state index contributed by atoms with van der Waals surface area (Å²) in [5.74, 6) is 5.54. The quantitative estimate of drug-likeness (QED) is 0.0265. The number of aliphatic hydroxyl groups is 4. The van der Waals surface area contributed by atoms with Gasteiger partial charge in [-0.25, -0.2) is 0 Å². The third kappa shape index (κ3) is 20.7. The highest BCUT2D eigenvalue weighted by Gasteiger charge is 2.29. The zero-order chi connectivity index (χ0) is 68.6. The average molecular weight is 1330 g/mol. The molecule has 7 unspecified atom stereocenters. The number of aliphatic hydroxyl groups excluding tert-OH is 4. The molecule has 0 aliphatic carbocycles. The van der Waals surface area contributed by atoms with E-state index >= 15 is 0 Å². The van der Waals surface area contributed by atoms with Gasteiger partial charge < -0.3 is 77.3 Å². The molecule has 2 heterocycles. The number of ether oxygens (including phenoxy) is 12. The number of hydrogen-bond acceptors (Lipinski definition) is 16. The van der Waals surface area contributed by atoms with Gasteiger partial charge in [-0.05, 0) is 148 Å². The fraction of sp³-hybridized carbons (Fsp3) is 0.407. The Morgan fingerprint density at radius 2 is 0.474 bits per heavy atom. The van der Waals surface area contributed by atoms with Crippen LogP contribution in [0.5, 0.6) is 46.0 Å². The molecular weight excluding hydrogens is 1230 g/mol. The molecule has 516 valence electrons. The molecule has 0 amide bonds. The van der Waals surface area contributed by atoms with Gasteiger partial charge >= 0.3 is 0 Å². The van der Waals surface area contributed by atoms with E-state index in [-0.39, 0.29) is 99.4 Å². The lowest BCUT2D eigenvalue weighted by Crippen LogP contribution is -2.29. The van der Waals surface area contributed by atoms with E-state index < -0.39 is 24.4 Å². The zero-order valence-corrected chi connectivity index (χ0v) is 57.4. The van der Waals surface area contributed by atoms with Gasteiger partial charge in [-0.2, -0.15) is 0 Å². The Hall–Kier alpha value is -8.16. The lowest BCUT2D eigenvalue weighted by atomic mass is 9.78. The molecular formula is C81H96O16. The van der Waals surface area contributed by atoms with Crippen LogP contribution in [-0.2, 0) is 40.6 Å². The second kappa shape index (κ2) is 32.9. The maximum atomic E-state index is 10.7. The fourth-order valence-corrected chi connectivity index (χ4v) is 11.2. The van der Waals surface area contributed by atoms with Crippen LogP contribution in [0.3, 0.4) is 0 Å². The van der Waals surface area contributed by atoms with E-state index in [1.165, 1.54) is 11.1 Å². The highest BCUT2D eigenvalue weighted by molar-refractivity contribution is 5.46. The van der Waals surface area contributed by atoms with Crippen molar-refractivity contribution in [3.8, 4) is 46.0 Å². The van der Waals surface area contributed by atoms with Crippen molar-refractivity contribution in [1.82, 2.24) is 0 Å². The smallest absolute Gasteiger partial charge is 0.122 e. The first-order valence-corrected chi connectivity index (χ1v) is 33.6. The maximum absolute atomic E-state index is 10.7. The summed E-state index contributed by atoms with van der Waals surface area (Å²) in [5.41, 5.74) is 7.81. The summed E-state index contributed by atoms with van der Waals surface area (Å²) in [7, 11) is 0. The van der Waals surface area contributed by atoms with E-state index in [2.05, 4.69) is 104 Å². The molecule has 0 radical (unpaired) electrons. The largest absolute Gasteiger partial charge is 0.491 e. The molecule has 16 heteroatoms. The van der Waals surface area contributed by atoms with Crippen LogP contribution in [0.1, 0.15) is 107 Å². The number of epoxide rings is 2. The van der Waals surface area contributed by atoms with Crippen LogP contribution < -0.4 is 37.9 Å². The van der Waals surface area contributed by atoms with E-state index in [4.69, 9.17) is 56.8 Å². The van der Waals surface area contributed by atoms with Crippen LogP contribution in [0.15, 0.2) is 194 Å². The normalized spacial score (nSPS) is 16.3. The van der Waals surface area contributed by atoms with E-state index in [0.29, 0.717) is 47.7 Å². The third-order valence-electron chi connectivity index (χ3n) is 18.2. The van der Waals surface area contributed by atoms with Gasteiger partial charge in [0.15, 0.2) is 0 Å². The molecule has 0 spiro atoms. The maximum Gasteiger partial charge on any atom is 0.122 e. The summed E-state index contributed by atoms with van der Waals surface area (Å²) in [4.78, 5) is 0. The van der Waals surface area contributed by atoms with Gasteiger partial charge in [0.1, 0.15) is 135 Å². The molecule has 0 bridgehead atoms. The first-order chi connectivity index (χ1) is 46.6. The topological polar surface area (TPSA) is 198 Å². The highest BCUT2D eigenvalue weighted by Crippen LogP contribution is 2.38. The average Bonchev–Trinajstić information content (AvgIpc) is 1.58. The Bertz CT molecular complexity index is 3640. The van der Waals surface area contributed by atoms with Crippen molar-refractivity contribution in [2.24, 2.45) is 0 Å². The van der Waals surface area contributed by atoms with Gasteiger partial charge in [0.2, 0.25) is 0 Å². The monoisotopic (exact) mass is 1320 g/mol. The Morgan fingerprint density at radius 3 is 0.680 bits per heavy atom. The van der Waals surface area contributed by atoms with Gasteiger partial charge in [-0.15, -0.1) is 0 Å². The van der Waals surface area contributed by atoms with Crippen LogP contribution in [0.4, 0.5) is 0 Å². The molecule has 0 aromatic heterocycles. The number of hydrogen-bond donors (Lipinski definition) is 4. The summed E-state index contributed by atoms with van der Waals surface area (Å²) >= 11 is 0. The summed E-state index contributed by atoms with van der Waals surface area (Å²) in [5, 5.41) is 42.8. The van der Waals surface area contributed by atoms with Crippen molar-refractivity contribution < 1.29 is 77.3 Å². The lowest BCUT2D eigenvalue weighted by Gasteiger charge is -2.27. The molecule has 8 aromatic rings. The van der Waals surface area contributed by atoms with E-state index in [9.17, 15) is 20.4 Å². The van der Waals surface area contributed by atoms with Crippen molar-refractivity contribution in [1.29, 1.82) is 0 Å². The zero-order valence-electron chi connectivity index (χ0n) is 57.4. The summed E-state index contributed by atoms with van der Waals surface area (Å²) in [6.45, 7) is 22.6. The third-order valence-corrected chi connectivity index (χ3v) is 18.2. The first-order valence-electron chi connectivity index (χ1n) is 33.6. The molecule has 4 N–H and O–H groups in total. The predicted molar refractivity (Wildman–Crippen MR) is 374 cm³/mol. The van der Waals surface area contributed by atoms with Crippen molar-refractivity contribution in [2.45, 2.75) is 127 Å². The standard InChI is InChI=1S/C81H96O16/c1-55(87-44-65(83)46-89-69-28-12-57(13-29-69)79(4,5)59-16-32-71(33-17-59)91-48-67(85)50-93-73-36-20-61(21-37-73)81(8,9)63-24-40-75(41-25-63)95-52-77-54-97-77)42-86-43-64(82)45-88-68-26-10-56(11-27-68)78(2,3)58-14-30-70(31-15-58)90-47-66(84)49-92-72-34-18-60(19-35-72)80(6,7)62-22-38-74(39-23-62)94-51-76-53-96-76/h10-41,55,64-67,76-77,82-85H,42-54H2,1-9H3. The van der Waals surface area contributed by atoms with E-state index in [0.717, 1.165) is 58.1 Å². The summed E-state index contributed by atoms with van der Waals surface area (Å²) in [6, 6.07) is 63.8. The minimum atomic E-state index is -0.872. The van der Waals surface area contributed by atoms with Gasteiger partial charge in [-0.1, -0.05) is 152 Å².